The Labute approximate surface area is 101 Å². The van der Waals surface area contributed by atoms with Crippen LogP contribution in [-0.4, -0.2) is 11.7 Å². The highest BCUT2D eigenvalue weighted by Gasteiger charge is 2.21. The van der Waals surface area contributed by atoms with Crippen LogP contribution in [0.4, 0.5) is 0 Å². The van der Waals surface area contributed by atoms with Gasteiger partial charge in [0.25, 0.3) is 0 Å². The number of ether oxygens (including phenoxy) is 1. The molecule has 16 heavy (non-hydrogen) atoms. The Bertz CT molecular complexity index is 376. The predicted octanol–water partition coefficient (Wildman–Crippen LogP) is 3.50. The third kappa shape index (κ3) is 2.33. The van der Waals surface area contributed by atoms with Gasteiger partial charge in [0.15, 0.2) is 0 Å². The van der Waals surface area contributed by atoms with Gasteiger partial charge in [0, 0.05) is 17.0 Å². The summed E-state index contributed by atoms with van der Waals surface area (Å²) in [4.78, 5) is 0. The molecule has 0 aromatic heterocycles. The van der Waals surface area contributed by atoms with Gasteiger partial charge < -0.3 is 9.84 Å². The second-order valence-electron chi connectivity index (χ2n) is 4.24. The fraction of sp³-hybridized carbons (Fsp3) is 0.538. The lowest BCUT2D eigenvalue weighted by atomic mass is 10.00. The van der Waals surface area contributed by atoms with Crippen molar-refractivity contribution in [3.8, 4) is 5.75 Å². The van der Waals surface area contributed by atoms with Gasteiger partial charge in [-0.3, -0.25) is 0 Å². The molecule has 1 heterocycles. The zero-order chi connectivity index (χ0) is 11.5. The van der Waals surface area contributed by atoms with E-state index < -0.39 is 6.10 Å². The van der Waals surface area contributed by atoms with E-state index in [2.05, 4.69) is 6.92 Å². The van der Waals surface area contributed by atoms with Crippen LogP contribution in [0.5, 0.6) is 5.75 Å². The van der Waals surface area contributed by atoms with Crippen molar-refractivity contribution in [2.75, 3.05) is 6.61 Å². The van der Waals surface area contributed by atoms with Gasteiger partial charge in [0.2, 0.25) is 0 Å². The minimum absolute atomic E-state index is 0.453. The third-order valence-electron chi connectivity index (χ3n) is 2.97. The number of benzene rings is 1. The predicted molar refractivity (Wildman–Crippen MR) is 65.1 cm³/mol. The lowest BCUT2D eigenvalue weighted by Crippen LogP contribution is -2.00. The van der Waals surface area contributed by atoms with Crippen molar-refractivity contribution >= 4 is 11.6 Å². The van der Waals surface area contributed by atoms with E-state index in [-0.39, 0.29) is 0 Å². The van der Waals surface area contributed by atoms with E-state index in [1.54, 1.807) is 0 Å². The van der Waals surface area contributed by atoms with Gasteiger partial charge in [-0.05, 0) is 24.1 Å². The fourth-order valence-electron chi connectivity index (χ4n) is 2.10. The molecule has 0 spiro atoms. The summed E-state index contributed by atoms with van der Waals surface area (Å²) < 4.78 is 5.57. The van der Waals surface area contributed by atoms with Gasteiger partial charge in [0.1, 0.15) is 5.75 Å². The normalized spacial score (nSPS) is 15.7. The molecule has 1 aliphatic rings. The summed E-state index contributed by atoms with van der Waals surface area (Å²) in [6, 6.07) is 3.76. The maximum atomic E-state index is 10.1. The summed E-state index contributed by atoms with van der Waals surface area (Å²) in [5.41, 5.74) is 1.98. The largest absolute Gasteiger partial charge is 0.493 e. The molecular formula is C13H17ClO2. The molecule has 2 rings (SSSR count). The van der Waals surface area contributed by atoms with Crippen molar-refractivity contribution in [1.82, 2.24) is 0 Å². The van der Waals surface area contributed by atoms with Gasteiger partial charge in [-0.2, -0.15) is 0 Å². The number of halogens is 1. The molecule has 3 heteroatoms. The molecule has 0 amide bonds. The van der Waals surface area contributed by atoms with Crippen LogP contribution >= 0.6 is 11.6 Å². The van der Waals surface area contributed by atoms with Gasteiger partial charge >= 0.3 is 0 Å². The first-order valence-electron chi connectivity index (χ1n) is 5.85. The molecule has 1 aromatic carbocycles. The Balaban J connectivity index is 2.26. The molecule has 0 saturated carbocycles. The average molecular weight is 241 g/mol. The summed E-state index contributed by atoms with van der Waals surface area (Å²) in [5, 5.41) is 10.8. The van der Waals surface area contributed by atoms with Gasteiger partial charge in [-0.1, -0.05) is 31.4 Å². The average Bonchev–Trinajstić information content (AvgIpc) is 2.72. The molecule has 1 unspecified atom stereocenters. The highest BCUT2D eigenvalue weighted by atomic mass is 35.5. The lowest BCUT2D eigenvalue weighted by Gasteiger charge is -2.14. The number of unbranched alkanes of at least 4 members (excludes halogenated alkanes) is 1. The Morgan fingerprint density at radius 2 is 2.31 bits per heavy atom. The van der Waals surface area contributed by atoms with Gasteiger partial charge in [-0.15, -0.1) is 0 Å². The van der Waals surface area contributed by atoms with Gasteiger partial charge in [0.05, 0.1) is 12.7 Å². The number of hydrogen-bond donors (Lipinski definition) is 1. The molecule has 1 N–H and O–H groups in total. The summed E-state index contributed by atoms with van der Waals surface area (Å²) in [6.45, 7) is 2.81. The summed E-state index contributed by atoms with van der Waals surface area (Å²) in [6.07, 6.45) is 3.31. The monoisotopic (exact) mass is 240 g/mol. The molecule has 1 atom stereocenters. The van der Waals surface area contributed by atoms with Crippen molar-refractivity contribution in [2.24, 2.45) is 0 Å². The number of aliphatic hydroxyl groups excluding tert-OH is 1. The quantitative estimate of drug-likeness (QED) is 0.873. The number of hydrogen-bond acceptors (Lipinski definition) is 2. The first kappa shape index (κ1) is 11.7. The standard InChI is InChI=1S/C13H17ClO2/c1-2-3-4-12(15)11-8-10(14)7-9-5-6-16-13(9)11/h7-8,12,15H,2-6H2,1H3. The highest BCUT2D eigenvalue weighted by molar-refractivity contribution is 6.30. The molecule has 0 saturated heterocycles. The van der Waals surface area contributed by atoms with E-state index in [1.165, 1.54) is 0 Å². The molecule has 0 aliphatic carbocycles. The van der Waals surface area contributed by atoms with Gasteiger partial charge in [-0.25, -0.2) is 0 Å². The minimum atomic E-state index is -0.453. The molecule has 0 bridgehead atoms. The zero-order valence-corrected chi connectivity index (χ0v) is 10.3. The van der Waals surface area contributed by atoms with Crippen molar-refractivity contribution < 1.29 is 9.84 Å². The van der Waals surface area contributed by atoms with Crippen molar-refractivity contribution in [3.63, 3.8) is 0 Å². The van der Waals surface area contributed by atoms with Crippen LogP contribution in [0.3, 0.4) is 0 Å². The Morgan fingerprint density at radius 3 is 3.06 bits per heavy atom. The van der Waals surface area contributed by atoms with Crippen LogP contribution in [0, 0.1) is 0 Å². The molecule has 0 fully saturated rings. The van der Waals surface area contributed by atoms with Crippen LogP contribution in [-0.2, 0) is 6.42 Å². The van der Waals surface area contributed by atoms with Crippen molar-refractivity contribution in [2.45, 2.75) is 38.7 Å². The molecule has 88 valence electrons. The van der Waals surface area contributed by atoms with E-state index in [9.17, 15) is 5.11 Å². The maximum absolute atomic E-state index is 10.1. The second kappa shape index (κ2) is 5.07. The van der Waals surface area contributed by atoms with Crippen LogP contribution in [0.2, 0.25) is 5.02 Å². The van der Waals surface area contributed by atoms with E-state index in [0.29, 0.717) is 11.6 Å². The molecule has 2 nitrogen and oxygen atoms in total. The van der Waals surface area contributed by atoms with E-state index in [4.69, 9.17) is 16.3 Å². The molecule has 1 aromatic rings. The SMILES string of the molecule is CCCCC(O)c1cc(Cl)cc2c1OCC2. The lowest BCUT2D eigenvalue weighted by molar-refractivity contribution is 0.160. The Hall–Kier alpha value is -0.730. The third-order valence-corrected chi connectivity index (χ3v) is 3.19. The molecule has 0 radical (unpaired) electrons. The van der Waals surface area contributed by atoms with E-state index in [1.807, 2.05) is 12.1 Å². The molecular weight excluding hydrogens is 224 g/mol. The maximum Gasteiger partial charge on any atom is 0.128 e. The Morgan fingerprint density at radius 1 is 1.50 bits per heavy atom. The van der Waals surface area contributed by atoms with E-state index >= 15 is 0 Å². The summed E-state index contributed by atoms with van der Waals surface area (Å²) in [5.74, 6) is 0.855. The molecule has 1 aliphatic heterocycles. The smallest absolute Gasteiger partial charge is 0.128 e. The van der Waals surface area contributed by atoms with Crippen molar-refractivity contribution in [3.05, 3.63) is 28.3 Å². The zero-order valence-electron chi connectivity index (χ0n) is 9.50. The topological polar surface area (TPSA) is 29.5 Å². The Kier molecular flexibility index (Phi) is 3.72. The second-order valence-corrected chi connectivity index (χ2v) is 4.68. The van der Waals surface area contributed by atoms with Crippen LogP contribution < -0.4 is 4.74 Å². The van der Waals surface area contributed by atoms with Crippen LogP contribution in [0.1, 0.15) is 43.4 Å². The first-order valence-corrected chi connectivity index (χ1v) is 6.23. The van der Waals surface area contributed by atoms with Crippen LogP contribution in [0.25, 0.3) is 0 Å². The van der Waals surface area contributed by atoms with Crippen molar-refractivity contribution in [1.29, 1.82) is 0 Å². The summed E-state index contributed by atoms with van der Waals surface area (Å²) >= 11 is 6.04. The van der Waals surface area contributed by atoms with Crippen LogP contribution in [0.15, 0.2) is 12.1 Å². The summed E-state index contributed by atoms with van der Waals surface area (Å²) in [7, 11) is 0. The number of aliphatic hydroxyl groups is 1. The first-order chi connectivity index (χ1) is 7.72. The minimum Gasteiger partial charge on any atom is -0.493 e. The number of rotatable bonds is 4. The number of fused-ring (bicyclic) bond motifs is 1. The fourth-order valence-corrected chi connectivity index (χ4v) is 2.35. The van der Waals surface area contributed by atoms with E-state index in [0.717, 1.165) is 42.6 Å². The highest BCUT2D eigenvalue weighted by Crippen LogP contribution is 2.37.